The molecule has 0 radical (unpaired) electrons. The Morgan fingerprint density at radius 3 is 2.53 bits per heavy atom. The lowest BCUT2D eigenvalue weighted by atomic mass is 10.1. The standard InChI is InChI=1S/C15H15FN2O/c1-10(11-5-7-13(16)8-6-11)18-15(19)12-3-2-4-14(17)9-12/h2-10H,17H2,1H3,(H,18,19). The van der Waals surface area contributed by atoms with E-state index in [2.05, 4.69) is 5.32 Å². The molecule has 1 unspecified atom stereocenters. The van der Waals surface area contributed by atoms with Gasteiger partial charge in [0, 0.05) is 11.3 Å². The van der Waals surface area contributed by atoms with Gasteiger partial charge in [-0.1, -0.05) is 18.2 Å². The number of halogens is 1. The zero-order valence-electron chi connectivity index (χ0n) is 10.6. The van der Waals surface area contributed by atoms with Crippen molar-refractivity contribution in [2.45, 2.75) is 13.0 Å². The van der Waals surface area contributed by atoms with Gasteiger partial charge in [0.15, 0.2) is 0 Å². The third-order valence-electron chi connectivity index (χ3n) is 2.87. The van der Waals surface area contributed by atoms with Gasteiger partial charge < -0.3 is 11.1 Å². The number of amides is 1. The summed E-state index contributed by atoms with van der Waals surface area (Å²) in [7, 11) is 0. The molecule has 19 heavy (non-hydrogen) atoms. The van der Waals surface area contributed by atoms with Crippen LogP contribution in [0, 0.1) is 5.82 Å². The molecule has 0 heterocycles. The molecule has 3 nitrogen and oxygen atoms in total. The van der Waals surface area contributed by atoms with E-state index in [0.29, 0.717) is 11.3 Å². The first-order chi connectivity index (χ1) is 9.06. The number of nitrogens with one attached hydrogen (secondary N) is 1. The van der Waals surface area contributed by atoms with Gasteiger partial charge in [0.1, 0.15) is 5.82 Å². The van der Waals surface area contributed by atoms with E-state index in [1.54, 1.807) is 36.4 Å². The molecule has 0 spiro atoms. The van der Waals surface area contributed by atoms with Gasteiger partial charge in [-0.05, 0) is 42.8 Å². The average molecular weight is 258 g/mol. The summed E-state index contributed by atoms with van der Waals surface area (Å²) >= 11 is 0. The first kappa shape index (κ1) is 13.1. The lowest BCUT2D eigenvalue weighted by molar-refractivity contribution is 0.0940. The average Bonchev–Trinajstić information content (AvgIpc) is 2.39. The fraction of sp³-hybridized carbons (Fsp3) is 0.133. The highest BCUT2D eigenvalue weighted by Crippen LogP contribution is 2.14. The maximum Gasteiger partial charge on any atom is 0.251 e. The van der Waals surface area contributed by atoms with Crippen molar-refractivity contribution in [3.05, 3.63) is 65.5 Å². The van der Waals surface area contributed by atoms with Gasteiger partial charge in [0.25, 0.3) is 5.91 Å². The van der Waals surface area contributed by atoms with E-state index in [9.17, 15) is 9.18 Å². The van der Waals surface area contributed by atoms with Crippen LogP contribution in [0.5, 0.6) is 0 Å². The second-order valence-corrected chi connectivity index (χ2v) is 4.37. The molecule has 0 saturated heterocycles. The highest BCUT2D eigenvalue weighted by atomic mass is 19.1. The Kier molecular flexibility index (Phi) is 3.80. The minimum Gasteiger partial charge on any atom is -0.399 e. The second kappa shape index (κ2) is 5.52. The smallest absolute Gasteiger partial charge is 0.251 e. The molecule has 0 aliphatic rings. The van der Waals surface area contributed by atoms with Crippen LogP contribution < -0.4 is 11.1 Å². The van der Waals surface area contributed by atoms with Gasteiger partial charge in [0.05, 0.1) is 6.04 Å². The number of nitrogens with two attached hydrogens (primary N) is 1. The predicted molar refractivity (Wildman–Crippen MR) is 73.1 cm³/mol. The summed E-state index contributed by atoms with van der Waals surface area (Å²) in [4.78, 5) is 12.0. The third-order valence-corrected chi connectivity index (χ3v) is 2.87. The van der Waals surface area contributed by atoms with E-state index in [0.717, 1.165) is 5.56 Å². The highest BCUT2D eigenvalue weighted by Gasteiger charge is 2.11. The molecule has 98 valence electrons. The summed E-state index contributed by atoms with van der Waals surface area (Å²) in [6.07, 6.45) is 0. The molecule has 2 rings (SSSR count). The number of hydrogen-bond donors (Lipinski definition) is 2. The van der Waals surface area contributed by atoms with Gasteiger partial charge in [-0.15, -0.1) is 0 Å². The highest BCUT2D eigenvalue weighted by molar-refractivity contribution is 5.95. The van der Waals surface area contributed by atoms with Crippen LogP contribution in [0.25, 0.3) is 0 Å². The van der Waals surface area contributed by atoms with Crippen molar-refractivity contribution in [2.75, 3.05) is 5.73 Å². The quantitative estimate of drug-likeness (QED) is 0.832. The fourth-order valence-corrected chi connectivity index (χ4v) is 1.79. The summed E-state index contributed by atoms with van der Waals surface area (Å²) in [6, 6.07) is 12.6. The van der Waals surface area contributed by atoms with Crippen LogP contribution in [0.1, 0.15) is 28.9 Å². The van der Waals surface area contributed by atoms with Crippen LogP contribution in [0.4, 0.5) is 10.1 Å². The van der Waals surface area contributed by atoms with Gasteiger partial charge in [-0.3, -0.25) is 4.79 Å². The monoisotopic (exact) mass is 258 g/mol. The first-order valence-electron chi connectivity index (χ1n) is 5.98. The zero-order valence-corrected chi connectivity index (χ0v) is 10.6. The molecule has 0 aliphatic heterocycles. The van der Waals surface area contributed by atoms with E-state index in [1.807, 2.05) is 6.92 Å². The molecule has 0 aliphatic carbocycles. The third kappa shape index (κ3) is 3.31. The predicted octanol–water partition coefficient (Wildman–Crippen LogP) is 2.90. The lowest BCUT2D eigenvalue weighted by Crippen LogP contribution is -2.26. The van der Waals surface area contributed by atoms with E-state index < -0.39 is 0 Å². The number of hydrogen-bond acceptors (Lipinski definition) is 2. The molecule has 0 saturated carbocycles. The Balaban J connectivity index is 2.08. The normalized spacial score (nSPS) is 11.9. The van der Waals surface area contributed by atoms with Crippen LogP contribution >= 0.6 is 0 Å². The van der Waals surface area contributed by atoms with Crippen LogP contribution in [0.15, 0.2) is 48.5 Å². The summed E-state index contributed by atoms with van der Waals surface area (Å²) < 4.78 is 12.8. The van der Waals surface area contributed by atoms with Crippen molar-refractivity contribution in [1.82, 2.24) is 5.32 Å². The Labute approximate surface area is 111 Å². The first-order valence-corrected chi connectivity index (χ1v) is 5.98. The van der Waals surface area contributed by atoms with Gasteiger partial charge in [-0.2, -0.15) is 0 Å². The Morgan fingerprint density at radius 1 is 1.21 bits per heavy atom. The molecule has 0 aromatic heterocycles. The number of carbonyl (C=O) groups excluding carboxylic acids is 1. The molecule has 1 amide bonds. The Hall–Kier alpha value is -2.36. The largest absolute Gasteiger partial charge is 0.399 e. The number of rotatable bonds is 3. The maximum absolute atomic E-state index is 12.8. The summed E-state index contributed by atoms with van der Waals surface area (Å²) in [5, 5.41) is 2.84. The number of nitrogen functional groups attached to an aromatic ring is 1. The number of anilines is 1. The van der Waals surface area contributed by atoms with E-state index >= 15 is 0 Å². The summed E-state index contributed by atoms with van der Waals surface area (Å²) in [5.41, 5.74) is 7.53. The molecule has 0 bridgehead atoms. The molecule has 2 aromatic carbocycles. The number of carbonyl (C=O) groups is 1. The maximum atomic E-state index is 12.8. The molecule has 4 heteroatoms. The van der Waals surface area contributed by atoms with Crippen LogP contribution in [-0.2, 0) is 0 Å². The molecular weight excluding hydrogens is 243 g/mol. The molecule has 0 fully saturated rings. The van der Waals surface area contributed by atoms with Crippen LogP contribution in [-0.4, -0.2) is 5.91 Å². The minimum absolute atomic E-state index is 0.200. The SMILES string of the molecule is CC(NC(=O)c1cccc(N)c1)c1ccc(F)cc1. The fourth-order valence-electron chi connectivity index (χ4n) is 1.79. The second-order valence-electron chi connectivity index (χ2n) is 4.37. The Morgan fingerprint density at radius 2 is 1.89 bits per heavy atom. The van der Waals surface area contributed by atoms with Crippen molar-refractivity contribution in [1.29, 1.82) is 0 Å². The molecule has 1 atom stereocenters. The van der Waals surface area contributed by atoms with Crippen molar-refractivity contribution in [3.8, 4) is 0 Å². The molecular formula is C15H15FN2O. The van der Waals surface area contributed by atoms with Crippen LogP contribution in [0.3, 0.4) is 0 Å². The zero-order chi connectivity index (χ0) is 13.8. The molecule has 2 aromatic rings. The Bertz CT molecular complexity index is 581. The van der Waals surface area contributed by atoms with Gasteiger partial charge in [0.2, 0.25) is 0 Å². The van der Waals surface area contributed by atoms with Crippen molar-refractivity contribution in [2.24, 2.45) is 0 Å². The van der Waals surface area contributed by atoms with Gasteiger partial charge >= 0.3 is 0 Å². The van der Waals surface area contributed by atoms with Crippen molar-refractivity contribution < 1.29 is 9.18 Å². The van der Waals surface area contributed by atoms with Gasteiger partial charge in [-0.25, -0.2) is 4.39 Å². The number of benzene rings is 2. The van der Waals surface area contributed by atoms with Crippen LogP contribution in [0.2, 0.25) is 0 Å². The lowest BCUT2D eigenvalue weighted by Gasteiger charge is -2.14. The minimum atomic E-state index is -0.293. The van der Waals surface area contributed by atoms with E-state index in [4.69, 9.17) is 5.73 Å². The van der Waals surface area contributed by atoms with E-state index in [1.165, 1.54) is 12.1 Å². The molecule has 3 N–H and O–H groups in total. The van der Waals surface area contributed by atoms with Crippen molar-refractivity contribution in [3.63, 3.8) is 0 Å². The van der Waals surface area contributed by atoms with E-state index in [-0.39, 0.29) is 17.8 Å². The summed E-state index contributed by atoms with van der Waals surface area (Å²) in [6.45, 7) is 1.84. The topological polar surface area (TPSA) is 55.1 Å². The summed E-state index contributed by atoms with van der Waals surface area (Å²) in [5.74, 6) is -0.498. The van der Waals surface area contributed by atoms with Crippen molar-refractivity contribution >= 4 is 11.6 Å².